The van der Waals surface area contributed by atoms with Crippen molar-refractivity contribution in [2.75, 3.05) is 12.9 Å². The Hall–Kier alpha value is -1.28. The van der Waals surface area contributed by atoms with Crippen molar-refractivity contribution in [3.63, 3.8) is 0 Å². The molecule has 2 N–H and O–H groups in total. The Morgan fingerprint density at radius 2 is 2.39 bits per heavy atom. The number of ether oxygens (including phenoxy) is 1. The third kappa shape index (κ3) is 2.59. The highest BCUT2D eigenvalue weighted by Crippen LogP contribution is 2.36. The number of nitrogens with zero attached hydrogens (tertiary/aromatic N) is 2. The molecule has 1 heterocycles. The van der Waals surface area contributed by atoms with E-state index in [4.69, 9.17) is 0 Å². The Labute approximate surface area is 108 Å². The Morgan fingerprint density at radius 1 is 1.72 bits per heavy atom. The van der Waals surface area contributed by atoms with Crippen LogP contribution in [0.1, 0.15) is 25.8 Å². The molecule has 1 fully saturated rings. The van der Waals surface area contributed by atoms with Crippen molar-refractivity contribution < 1.29 is 14.6 Å². The lowest BCUT2D eigenvalue weighted by molar-refractivity contribution is -0.158. The van der Waals surface area contributed by atoms with E-state index in [1.165, 1.54) is 14.0 Å². The highest BCUT2D eigenvalue weighted by molar-refractivity contribution is 7.99. The Balaban J connectivity index is 2.06. The van der Waals surface area contributed by atoms with E-state index in [2.05, 4.69) is 14.9 Å². The summed E-state index contributed by atoms with van der Waals surface area (Å²) in [5.74, 6) is -0.623. The average molecular weight is 273 g/mol. The molecule has 1 aliphatic carbocycles. The fourth-order valence-corrected chi connectivity index (χ4v) is 2.54. The average Bonchev–Trinajstić information content (AvgIpc) is 3.10. The zero-order chi connectivity index (χ0) is 13.3. The largest absolute Gasteiger partial charge is 0.467 e. The third-order valence-corrected chi connectivity index (χ3v) is 3.94. The van der Waals surface area contributed by atoms with Crippen LogP contribution in [0.5, 0.6) is 0 Å². The molecule has 1 atom stereocenters. The summed E-state index contributed by atoms with van der Waals surface area (Å²) in [6.07, 6.45) is 1.92. The molecule has 1 aromatic rings. The van der Waals surface area contributed by atoms with E-state index in [1.54, 1.807) is 4.57 Å². The minimum atomic E-state index is -1.59. The van der Waals surface area contributed by atoms with Crippen LogP contribution in [0.2, 0.25) is 0 Å². The van der Waals surface area contributed by atoms with Crippen LogP contribution in [0, 0.1) is 0 Å². The molecule has 18 heavy (non-hydrogen) atoms. The molecule has 0 amide bonds. The molecule has 1 unspecified atom stereocenters. The van der Waals surface area contributed by atoms with Gasteiger partial charge in [-0.1, -0.05) is 11.8 Å². The topological polar surface area (TPSA) is 97.2 Å². The highest BCUT2D eigenvalue weighted by atomic mass is 32.2. The van der Waals surface area contributed by atoms with Crippen molar-refractivity contribution >= 4 is 17.7 Å². The Bertz CT molecular complexity index is 503. The normalized spacial score (nSPS) is 18.4. The summed E-state index contributed by atoms with van der Waals surface area (Å²) in [4.78, 5) is 22.8. The number of hydrogen-bond acceptors (Lipinski definition) is 6. The van der Waals surface area contributed by atoms with Gasteiger partial charge in [-0.25, -0.2) is 14.7 Å². The summed E-state index contributed by atoms with van der Waals surface area (Å²) in [7, 11) is 1.22. The molecule has 1 aromatic heterocycles. The van der Waals surface area contributed by atoms with Crippen LogP contribution in [0.4, 0.5) is 0 Å². The molecule has 2 rings (SSSR count). The number of methoxy groups -OCH3 is 1. The van der Waals surface area contributed by atoms with E-state index in [-0.39, 0.29) is 17.5 Å². The van der Waals surface area contributed by atoms with E-state index < -0.39 is 11.6 Å². The monoisotopic (exact) mass is 273 g/mol. The lowest BCUT2D eigenvalue weighted by Gasteiger charge is -2.19. The standard InChI is InChI=1S/C10H15N3O4S/c1-10(16,7(14)17-2)5-18-9-12-11-8(15)13(9)6-3-4-6/h6,16H,3-5H2,1-2H3,(H,11,15). The smallest absolute Gasteiger partial charge is 0.344 e. The van der Waals surface area contributed by atoms with Gasteiger partial charge < -0.3 is 9.84 Å². The van der Waals surface area contributed by atoms with Gasteiger partial charge in [0.25, 0.3) is 0 Å². The van der Waals surface area contributed by atoms with Gasteiger partial charge in [0.1, 0.15) is 0 Å². The zero-order valence-corrected chi connectivity index (χ0v) is 11.0. The summed E-state index contributed by atoms with van der Waals surface area (Å²) in [5, 5.41) is 16.6. The summed E-state index contributed by atoms with van der Waals surface area (Å²) in [6, 6.07) is 0.196. The zero-order valence-electron chi connectivity index (χ0n) is 10.2. The maximum Gasteiger partial charge on any atom is 0.344 e. The van der Waals surface area contributed by atoms with Crippen molar-refractivity contribution in [3.05, 3.63) is 10.5 Å². The van der Waals surface area contributed by atoms with Crippen LogP contribution in [-0.2, 0) is 9.53 Å². The molecule has 8 heteroatoms. The van der Waals surface area contributed by atoms with Crippen molar-refractivity contribution in [1.82, 2.24) is 14.8 Å². The molecule has 0 aliphatic heterocycles. The van der Waals surface area contributed by atoms with Crippen LogP contribution < -0.4 is 5.69 Å². The fraction of sp³-hybridized carbons (Fsp3) is 0.700. The van der Waals surface area contributed by atoms with Gasteiger partial charge >= 0.3 is 11.7 Å². The first-order valence-electron chi connectivity index (χ1n) is 5.56. The first-order valence-corrected chi connectivity index (χ1v) is 6.55. The summed E-state index contributed by atoms with van der Waals surface area (Å²) in [5.41, 5.74) is -1.85. The number of esters is 1. The van der Waals surface area contributed by atoms with Crippen LogP contribution in [-0.4, -0.2) is 44.3 Å². The number of aromatic nitrogens is 3. The number of carbonyl (C=O) groups is 1. The Kier molecular flexibility index (Phi) is 3.49. The van der Waals surface area contributed by atoms with Gasteiger partial charge in [-0.2, -0.15) is 0 Å². The van der Waals surface area contributed by atoms with E-state index in [0.29, 0.717) is 5.16 Å². The molecule has 0 radical (unpaired) electrons. The molecule has 1 aliphatic rings. The van der Waals surface area contributed by atoms with Gasteiger partial charge in [-0.3, -0.25) is 4.57 Å². The summed E-state index contributed by atoms with van der Waals surface area (Å²) >= 11 is 1.16. The molecular formula is C10H15N3O4S. The molecule has 1 saturated carbocycles. The fourth-order valence-electron chi connectivity index (χ4n) is 1.53. The third-order valence-electron chi connectivity index (χ3n) is 2.69. The van der Waals surface area contributed by atoms with Crippen molar-refractivity contribution in [2.24, 2.45) is 0 Å². The number of aliphatic hydroxyl groups is 1. The predicted octanol–water partition coefficient (Wildman–Crippen LogP) is -0.0776. The van der Waals surface area contributed by atoms with Gasteiger partial charge in [0.2, 0.25) is 0 Å². The van der Waals surface area contributed by atoms with Crippen LogP contribution in [0.3, 0.4) is 0 Å². The van der Waals surface area contributed by atoms with E-state index in [9.17, 15) is 14.7 Å². The quantitative estimate of drug-likeness (QED) is 0.575. The molecule has 0 bridgehead atoms. The van der Waals surface area contributed by atoms with Crippen LogP contribution in [0.25, 0.3) is 0 Å². The lowest BCUT2D eigenvalue weighted by Crippen LogP contribution is -2.38. The van der Waals surface area contributed by atoms with Crippen molar-refractivity contribution in [1.29, 1.82) is 0 Å². The maximum absolute atomic E-state index is 11.5. The van der Waals surface area contributed by atoms with E-state index >= 15 is 0 Å². The second-order valence-electron chi connectivity index (χ2n) is 4.47. The number of rotatable bonds is 5. The van der Waals surface area contributed by atoms with Gasteiger partial charge in [0.15, 0.2) is 10.8 Å². The van der Waals surface area contributed by atoms with Crippen molar-refractivity contribution in [3.8, 4) is 0 Å². The SMILES string of the molecule is COC(=O)C(C)(O)CSc1n[nH]c(=O)n1C1CC1. The predicted molar refractivity (Wildman–Crippen MR) is 64.5 cm³/mol. The second-order valence-corrected chi connectivity index (χ2v) is 5.41. The minimum Gasteiger partial charge on any atom is -0.467 e. The minimum absolute atomic E-state index is 0.0800. The molecule has 7 nitrogen and oxygen atoms in total. The van der Waals surface area contributed by atoms with Crippen LogP contribution >= 0.6 is 11.8 Å². The maximum atomic E-state index is 11.5. The van der Waals surface area contributed by atoms with Gasteiger partial charge in [0, 0.05) is 11.8 Å². The first kappa shape index (κ1) is 13.2. The summed E-state index contributed by atoms with van der Waals surface area (Å²) in [6.45, 7) is 1.37. The number of aromatic amines is 1. The molecule has 0 saturated heterocycles. The number of thioether (sulfide) groups is 1. The highest BCUT2D eigenvalue weighted by Gasteiger charge is 2.34. The lowest BCUT2D eigenvalue weighted by atomic mass is 10.1. The second kappa shape index (κ2) is 4.77. The first-order chi connectivity index (χ1) is 8.45. The number of hydrogen-bond donors (Lipinski definition) is 2. The van der Waals surface area contributed by atoms with Crippen LogP contribution in [0.15, 0.2) is 9.95 Å². The number of nitrogens with one attached hydrogen (secondary N) is 1. The molecule has 100 valence electrons. The van der Waals surface area contributed by atoms with Gasteiger partial charge in [-0.15, -0.1) is 5.10 Å². The molecular weight excluding hydrogens is 258 g/mol. The Morgan fingerprint density at radius 3 is 2.94 bits per heavy atom. The van der Waals surface area contributed by atoms with E-state index in [1.807, 2.05) is 0 Å². The van der Waals surface area contributed by atoms with E-state index in [0.717, 1.165) is 24.6 Å². The number of H-pyrrole nitrogens is 1. The van der Waals surface area contributed by atoms with Crippen molar-refractivity contribution in [2.45, 2.75) is 36.6 Å². The van der Waals surface area contributed by atoms with Gasteiger partial charge in [-0.05, 0) is 19.8 Å². The number of carbonyl (C=O) groups excluding carboxylic acids is 1. The summed E-state index contributed by atoms with van der Waals surface area (Å²) < 4.78 is 6.07. The molecule has 0 spiro atoms. The van der Waals surface area contributed by atoms with Gasteiger partial charge in [0.05, 0.1) is 7.11 Å². The molecule has 0 aromatic carbocycles.